The zero-order valence-electron chi connectivity index (χ0n) is 18.2. The van der Waals surface area contributed by atoms with Gasteiger partial charge in [0.1, 0.15) is 11.9 Å². The van der Waals surface area contributed by atoms with Crippen LogP contribution in [0.25, 0.3) is 0 Å². The molecular formula is C24H37ClO4. The zero-order valence-corrected chi connectivity index (χ0v) is 19.0. The van der Waals surface area contributed by atoms with Crippen molar-refractivity contribution in [2.45, 2.75) is 103 Å². The molecule has 2 saturated carbocycles. The van der Waals surface area contributed by atoms with E-state index in [0.29, 0.717) is 35.1 Å². The molecule has 2 fully saturated rings. The van der Waals surface area contributed by atoms with E-state index in [9.17, 15) is 9.90 Å². The number of esters is 1. The average molecular weight is 425 g/mol. The average Bonchev–Trinajstić information content (AvgIpc) is 2.66. The maximum atomic E-state index is 12.4. The van der Waals surface area contributed by atoms with Gasteiger partial charge in [-0.1, -0.05) is 63.8 Å². The van der Waals surface area contributed by atoms with Crippen LogP contribution in [0, 0.1) is 5.92 Å². The molecule has 0 saturated heterocycles. The highest BCUT2D eigenvalue weighted by Gasteiger charge is 2.33. The molecule has 1 aromatic rings. The van der Waals surface area contributed by atoms with E-state index in [2.05, 4.69) is 20.8 Å². The third kappa shape index (κ3) is 7.82. The molecule has 0 bridgehead atoms. The van der Waals surface area contributed by atoms with Crippen molar-refractivity contribution in [2.24, 2.45) is 5.92 Å². The molecule has 29 heavy (non-hydrogen) atoms. The molecule has 4 nitrogen and oxygen atoms in total. The Bertz CT molecular complexity index is 640. The lowest BCUT2D eigenvalue weighted by Crippen LogP contribution is -2.38. The van der Waals surface area contributed by atoms with Crippen LogP contribution >= 0.6 is 11.6 Å². The Morgan fingerprint density at radius 2 is 1.86 bits per heavy atom. The van der Waals surface area contributed by atoms with Crippen molar-refractivity contribution in [3.05, 3.63) is 28.8 Å². The molecule has 0 amide bonds. The molecule has 0 heterocycles. The maximum absolute atomic E-state index is 12.4. The van der Waals surface area contributed by atoms with E-state index < -0.39 is 5.79 Å². The van der Waals surface area contributed by atoms with Gasteiger partial charge in [-0.25, -0.2) is 0 Å². The third-order valence-corrected chi connectivity index (χ3v) is 5.79. The molecule has 2 aliphatic carbocycles. The fourth-order valence-corrected chi connectivity index (χ4v) is 4.30. The first-order valence-corrected chi connectivity index (χ1v) is 11.6. The summed E-state index contributed by atoms with van der Waals surface area (Å²) in [5, 5.41) is 11.1. The number of para-hydroxylation sites is 1. The summed E-state index contributed by atoms with van der Waals surface area (Å²) in [4.78, 5) is 12.4. The van der Waals surface area contributed by atoms with Crippen LogP contribution in [0.4, 0.5) is 0 Å². The van der Waals surface area contributed by atoms with Gasteiger partial charge in [0, 0.05) is 18.4 Å². The van der Waals surface area contributed by atoms with Gasteiger partial charge < -0.3 is 14.6 Å². The molecule has 3 rings (SSSR count). The summed E-state index contributed by atoms with van der Waals surface area (Å²) in [7, 11) is 0. The van der Waals surface area contributed by atoms with Gasteiger partial charge in [-0.05, 0) is 44.1 Å². The summed E-state index contributed by atoms with van der Waals surface area (Å²) >= 11 is 6.32. The number of ether oxygens (including phenoxy) is 2. The minimum atomic E-state index is -1.19. The normalized spacial score (nSPS) is 23.5. The quantitative estimate of drug-likeness (QED) is 0.435. The Hall–Kier alpha value is -1.26. The number of halogens is 1. The Morgan fingerprint density at radius 1 is 1.17 bits per heavy atom. The van der Waals surface area contributed by atoms with Crippen LogP contribution in [0.1, 0.15) is 90.5 Å². The second-order valence-electron chi connectivity index (χ2n) is 8.60. The van der Waals surface area contributed by atoms with E-state index in [1.54, 1.807) is 12.1 Å². The SMILES string of the molecule is CC1CCCC(OC(=O)Cc2cccc(Cl)c2OC2(O)CCCCC2)C1.CCC. The highest BCUT2D eigenvalue weighted by Crippen LogP contribution is 2.37. The van der Waals surface area contributed by atoms with Crippen molar-refractivity contribution in [1.29, 1.82) is 0 Å². The maximum Gasteiger partial charge on any atom is 0.310 e. The van der Waals surface area contributed by atoms with E-state index in [1.807, 2.05) is 6.07 Å². The lowest BCUT2D eigenvalue weighted by molar-refractivity contribution is -0.160. The summed E-state index contributed by atoms with van der Waals surface area (Å²) in [6.07, 6.45) is 9.69. The first-order chi connectivity index (χ1) is 13.9. The highest BCUT2D eigenvalue weighted by atomic mass is 35.5. The first kappa shape index (κ1) is 24.0. The molecule has 0 aliphatic heterocycles. The fraction of sp³-hybridized carbons (Fsp3) is 0.708. The van der Waals surface area contributed by atoms with Gasteiger partial charge in [-0.2, -0.15) is 0 Å². The number of hydrogen-bond acceptors (Lipinski definition) is 4. The molecular weight excluding hydrogens is 388 g/mol. The van der Waals surface area contributed by atoms with Crippen LogP contribution in [0.3, 0.4) is 0 Å². The third-order valence-electron chi connectivity index (χ3n) is 5.50. The standard InChI is InChI=1S/C21H29ClO4.C3H8/c1-15-7-5-9-17(13-15)25-19(23)14-16-8-6-10-18(22)20(16)26-21(24)11-3-2-4-12-21;1-3-2/h6,8,10,15,17,24H,2-5,7,9,11-14H2,1H3;3H2,1-2H3. The summed E-state index contributed by atoms with van der Waals surface area (Å²) in [5.41, 5.74) is 0.672. The predicted octanol–water partition coefficient (Wildman–Crippen LogP) is 6.45. The Balaban J connectivity index is 0.000000941. The van der Waals surface area contributed by atoms with Crippen molar-refractivity contribution in [3.8, 4) is 5.75 Å². The van der Waals surface area contributed by atoms with Crippen molar-refractivity contribution < 1.29 is 19.4 Å². The fourth-order valence-electron chi connectivity index (χ4n) is 4.07. The van der Waals surface area contributed by atoms with Crippen molar-refractivity contribution in [1.82, 2.24) is 0 Å². The smallest absolute Gasteiger partial charge is 0.310 e. The molecule has 2 aliphatic rings. The van der Waals surface area contributed by atoms with Crippen LogP contribution in [-0.4, -0.2) is 23.0 Å². The minimum absolute atomic E-state index is 0.0114. The summed E-state index contributed by atoms with van der Waals surface area (Å²) in [6, 6.07) is 5.34. The summed E-state index contributed by atoms with van der Waals surface area (Å²) in [6.45, 7) is 6.45. The monoisotopic (exact) mass is 424 g/mol. The zero-order chi connectivity index (χ0) is 21.3. The van der Waals surface area contributed by atoms with Crippen LogP contribution in [0.5, 0.6) is 5.75 Å². The number of rotatable bonds is 5. The summed E-state index contributed by atoms with van der Waals surface area (Å²) < 4.78 is 11.6. The topological polar surface area (TPSA) is 55.8 Å². The van der Waals surface area contributed by atoms with Crippen molar-refractivity contribution in [3.63, 3.8) is 0 Å². The Morgan fingerprint density at radius 3 is 2.52 bits per heavy atom. The van der Waals surface area contributed by atoms with Crippen LogP contribution in [0.2, 0.25) is 5.02 Å². The van der Waals surface area contributed by atoms with Gasteiger partial charge in [0.15, 0.2) is 0 Å². The van der Waals surface area contributed by atoms with E-state index >= 15 is 0 Å². The second-order valence-corrected chi connectivity index (χ2v) is 9.01. The molecule has 0 spiro atoms. The number of aliphatic hydroxyl groups is 1. The van der Waals surface area contributed by atoms with Gasteiger partial charge in [0.25, 0.3) is 0 Å². The number of hydrogen-bond donors (Lipinski definition) is 1. The van der Waals surface area contributed by atoms with Crippen molar-refractivity contribution in [2.75, 3.05) is 0 Å². The number of carbonyl (C=O) groups excluding carboxylic acids is 1. The van der Waals surface area contributed by atoms with Gasteiger partial charge in [0.05, 0.1) is 11.4 Å². The van der Waals surface area contributed by atoms with Gasteiger partial charge in [0.2, 0.25) is 5.79 Å². The van der Waals surface area contributed by atoms with E-state index in [0.717, 1.165) is 38.5 Å². The molecule has 1 N–H and O–H groups in total. The molecule has 2 unspecified atom stereocenters. The molecule has 1 aromatic carbocycles. The highest BCUT2D eigenvalue weighted by molar-refractivity contribution is 6.32. The summed E-state index contributed by atoms with van der Waals surface area (Å²) in [5.74, 6) is -0.438. The lowest BCUT2D eigenvalue weighted by atomic mass is 9.89. The first-order valence-electron chi connectivity index (χ1n) is 11.2. The number of carbonyl (C=O) groups is 1. The molecule has 5 heteroatoms. The molecule has 164 valence electrons. The molecule has 2 atom stereocenters. The molecule has 0 aromatic heterocycles. The van der Waals surface area contributed by atoms with Gasteiger partial charge >= 0.3 is 5.97 Å². The van der Waals surface area contributed by atoms with Crippen LogP contribution < -0.4 is 4.74 Å². The Labute approximate surface area is 180 Å². The van der Waals surface area contributed by atoms with E-state index in [-0.39, 0.29) is 18.5 Å². The number of benzene rings is 1. The van der Waals surface area contributed by atoms with Crippen LogP contribution in [0.15, 0.2) is 18.2 Å². The second kappa shape index (κ2) is 11.8. The van der Waals surface area contributed by atoms with Gasteiger partial charge in [-0.15, -0.1) is 0 Å². The lowest BCUT2D eigenvalue weighted by Gasteiger charge is -2.33. The van der Waals surface area contributed by atoms with Crippen molar-refractivity contribution >= 4 is 17.6 Å². The van der Waals surface area contributed by atoms with E-state index in [1.165, 1.54) is 12.8 Å². The predicted molar refractivity (Wildman–Crippen MR) is 117 cm³/mol. The van der Waals surface area contributed by atoms with Crippen LogP contribution in [-0.2, 0) is 16.0 Å². The van der Waals surface area contributed by atoms with Gasteiger partial charge in [-0.3, -0.25) is 4.79 Å². The Kier molecular flexibility index (Phi) is 9.78. The molecule has 0 radical (unpaired) electrons. The van der Waals surface area contributed by atoms with E-state index in [4.69, 9.17) is 21.1 Å². The minimum Gasteiger partial charge on any atom is -0.462 e. The largest absolute Gasteiger partial charge is 0.462 e.